The Morgan fingerprint density at radius 1 is 1.43 bits per heavy atom. The minimum Gasteiger partial charge on any atom is -0.398 e. The van der Waals surface area contributed by atoms with Gasteiger partial charge in [-0.05, 0) is 50.0 Å². The van der Waals surface area contributed by atoms with E-state index in [1.807, 2.05) is 6.07 Å². The molecule has 1 aromatic carbocycles. The molecule has 0 radical (unpaired) electrons. The van der Waals surface area contributed by atoms with Crippen molar-refractivity contribution in [2.45, 2.75) is 18.8 Å². The Kier molecular flexibility index (Phi) is 2.46. The van der Waals surface area contributed by atoms with Crippen LogP contribution in [0.25, 0.3) is 0 Å². The summed E-state index contributed by atoms with van der Waals surface area (Å²) in [5.41, 5.74) is 9.86. The molecule has 0 bridgehead atoms. The summed E-state index contributed by atoms with van der Waals surface area (Å²) in [5, 5.41) is 0. The van der Waals surface area contributed by atoms with Crippen LogP contribution in [-0.2, 0) is 6.42 Å². The standard InChI is InChI=1S/C12H18N2/c1-14(2)8-10-7-6-9-4-3-5-11(13)12(9)10/h3-5,10H,6-8,13H2,1-2H3. The topological polar surface area (TPSA) is 29.3 Å². The normalized spacial score (nSPS) is 20.1. The second-order valence-corrected chi connectivity index (χ2v) is 4.42. The van der Waals surface area contributed by atoms with Gasteiger partial charge in [-0.25, -0.2) is 0 Å². The molecular weight excluding hydrogens is 172 g/mol. The lowest BCUT2D eigenvalue weighted by molar-refractivity contribution is 0.372. The second kappa shape index (κ2) is 3.62. The predicted octanol–water partition coefficient (Wildman–Crippen LogP) is 1.86. The zero-order chi connectivity index (χ0) is 10.1. The first kappa shape index (κ1) is 9.53. The van der Waals surface area contributed by atoms with E-state index in [4.69, 9.17) is 5.73 Å². The Morgan fingerprint density at radius 2 is 2.21 bits per heavy atom. The molecule has 1 aromatic rings. The van der Waals surface area contributed by atoms with Crippen LogP contribution >= 0.6 is 0 Å². The number of hydrogen-bond acceptors (Lipinski definition) is 2. The molecule has 76 valence electrons. The Hall–Kier alpha value is -1.02. The second-order valence-electron chi connectivity index (χ2n) is 4.42. The van der Waals surface area contributed by atoms with Crippen LogP contribution in [-0.4, -0.2) is 25.5 Å². The summed E-state index contributed by atoms with van der Waals surface area (Å²) >= 11 is 0. The smallest absolute Gasteiger partial charge is 0.0352 e. The molecule has 0 heterocycles. The third kappa shape index (κ3) is 1.62. The molecule has 1 unspecified atom stereocenters. The highest BCUT2D eigenvalue weighted by Gasteiger charge is 2.24. The van der Waals surface area contributed by atoms with Gasteiger partial charge in [0.2, 0.25) is 0 Å². The van der Waals surface area contributed by atoms with Crippen molar-refractivity contribution < 1.29 is 0 Å². The molecule has 0 aromatic heterocycles. The summed E-state index contributed by atoms with van der Waals surface area (Å²) in [6.07, 6.45) is 2.45. The molecule has 0 saturated heterocycles. The summed E-state index contributed by atoms with van der Waals surface area (Å²) < 4.78 is 0. The number of anilines is 1. The molecule has 2 rings (SSSR count). The Labute approximate surface area is 85.7 Å². The summed E-state index contributed by atoms with van der Waals surface area (Å²) in [7, 11) is 4.24. The van der Waals surface area contributed by atoms with Crippen LogP contribution in [0.1, 0.15) is 23.5 Å². The maximum atomic E-state index is 6.02. The molecule has 0 spiro atoms. The summed E-state index contributed by atoms with van der Waals surface area (Å²) in [4.78, 5) is 2.24. The maximum Gasteiger partial charge on any atom is 0.0352 e. The molecule has 2 nitrogen and oxygen atoms in total. The molecule has 0 aliphatic heterocycles. The van der Waals surface area contributed by atoms with E-state index in [-0.39, 0.29) is 0 Å². The highest BCUT2D eigenvalue weighted by Crippen LogP contribution is 2.36. The van der Waals surface area contributed by atoms with Crippen molar-refractivity contribution in [3.63, 3.8) is 0 Å². The van der Waals surface area contributed by atoms with Crippen LogP contribution in [0.2, 0.25) is 0 Å². The molecule has 0 fully saturated rings. The quantitative estimate of drug-likeness (QED) is 0.721. The first-order chi connectivity index (χ1) is 6.68. The number of likely N-dealkylation sites (N-methyl/N-ethyl adjacent to an activating group) is 1. The van der Waals surface area contributed by atoms with Crippen molar-refractivity contribution in [3.05, 3.63) is 29.3 Å². The van der Waals surface area contributed by atoms with Gasteiger partial charge in [0.05, 0.1) is 0 Å². The van der Waals surface area contributed by atoms with Gasteiger partial charge < -0.3 is 10.6 Å². The van der Waals surface area contributed by atoms with Crippen LogP contribution in [0.4, 0.5) is 5.69 Å². The van der Waals surface area contributed by atoms with Crippen molar-refractivity contribution in [2.24, 2.45) is 0 Å². The zero-order valence-corrected chi connectivity index (χ0v) is 8.96. The van der Waals surface area contributed by atoms with Crippen LogP contribution in [0.15, 0.2) is 18.2 Å². The molecule has 1 atom stereocenters. The van der Waals surface area contributed by atoms with E-state index >= 15 is 0 Å². The van der Waals surface area contributed by atoms with E-state index in [9.17, 15) is 0 Å². The van der Waals surface area contributed by atoms with E-state index in [2.05, 4.69) is 31.1 Å². The molecular formula is C12H18N2. The van der Waals surface area contributed by atoms with Crippen molar-refractivity contribution >= 4 is 5.69 Å². The van der Waals surface area contributed by atoms with Crippen LogP contribution < -0.4 is 5.73 Å². The monoisotopic (exact) mass is 190 g/mol. The number of benzene rings is 1. The molecule has 1 aliphatic carbocycles. The summed E-state index contributed by atoms with van der Waals surface area (Å²) in [6.45, 7) is 1.11. The molecule has 0 saturated carbocycles. The average molecular weight is 190 g/mol. The first-order valence-electron chi connectivity index (χ1n) is 5.20. The van der Waals surface area contributed by atoms with Crippen LogP contribution in [0.3, 0.4) is 0 Å². The SMILES string of the molecule is CN(C)CC1CCc2cccc(N)c21. The largest absolute Gasteiger partial charge is 0.398 e. The van der Waals surface area contributed by atoms with Gasteiger partial charge in [0.15, 0.2) is 0 Å². The van der Waals surface area contributed by atoms with Crippen molar-refractivity contribution in [1.29, 1.82) is 0 Å². The fourth-order valence-corrected chi connectivity index (χ4v) is 2.45. The third-order valence-electron chi connectivity index (χ3n) is 2.99. The lowest BCUT2D eigenvalue weighted by atomic mass is 9.99. The van der Waals surface area contributed by atoms with Gasteiger partial charge >= 0.3 is 0 Å². The average Bonchev–Trinajstić information content (AvgIpc) is 2.49. The molecule has 14 heavy (non-hydrogen) atoms. The van der Waals surface area contributed by atoms with Gasteiger partial charge in [-0.15, -0.1) is 0 Å². The van der Waals surface area contributed by atoms with Gasteiger partial charge in [0.1, 0.15) is 0 Å². The number of rotatable bonds is 2. The van der Waals surface area contributed by atoms with E-state index in [1.54, 1.807) is 0 Å². The Bertz CT molecular complexity index is 331. The third-order valence-corrected chi connectivity index (χ3v) is 2.99. The van der Waals surface area contributed by atoms with E-state index in [0.717, 1.165) is 12.2 Å². The lowest BCUT2D eigenvalue weighted by Crippen LogP contribution is -2.19. The van der Waals surface area contributed by atoms with Crippen molar-refractivity contribution in [1.82, 2.24) is 4.90 Å². The van der Waals surface area contributed by atoms with E-state index < -0.39 is 0 Å². The lowest BCUT2D eigenvalue weighted by Gasteiger charge is -2.18. The van der Waals surface area contributed by atoms with E-state index in [1.165, 1.54) is 24.0 Å². The zero-order valence-electron chi connectivity index (χ0n) is 8.96. The minimum absolute atomic E-state index is 0.640. The number of nitrogen functional groups attached to an aromatic ring is 1. The maximum absolute atomic E-state index is 6.02. The molecule has 0 amide bonds. The molecule has 2 N–H and O–H groups in total. The number of fused-ring (bicyclic) bond motifs is 1. The number of hydrogen-bond donors (Lipinski definition) is 1. The van der Waals surface area contributed by atoms with Crippen molar-refractivity contribution in [2.75, 3.05) is 26.4 Å². The van der Waals surface area contributed by atoms with Gasteiger partial charge in [-0.2, -0.15) is 0 Å². The highest BCUT2D eigenvalue weighted by atomic mass is 15.1. The van der Waals surface area contributed by atoms with Crippen LogP contribution in [0, 0.1) is 0 Å². The van der Waals surface area contributed by atoms with Gasteiger partial charge in [-0.1, -0.05) is 12.1 Å². The Morgan fingerprint density at radius 3 is 2.93 bits per heavy atom. The van der Waals surface area contributed by atoms with Crippen molar-refractivity contribution in [3.8, 4) is 0 Å². The van der Waals surface area contributed by atoms with Gasteiger partial charge in [0, 0.05) is 12.2 Å². The number of nitrogens with zero attached hydrogens (tertiary/aromatic N) is 1. The number of aryl methyl sites for hydroxylation is 1. The van der Waals surface area contributed by atoms with Gasteiger partial charge in [0.25, 0.3) is 0 Å². The molecule has 1 aliphatic rings. The Balaban J connectivity index is 2.29. The highest BCUT2D eigenvalue weighted by molar-refractivity contribution is 5.55. The first-order valence-corrected chi connectivity index (χ1v) is 5.20. The minimum atomic E-state index is 0.640. The number of nitrogens with two attached hydrogens (primary N) is 1. The predicted molar refractivity (Wildman–Crippen MR) is 60.5 cm³/mol. The van der Waals surface area contributed by atoms with E-state index in [0.29, 0.717) is 5.92 Å². The fraction of sp³-hybridized carbons (Fsp3) is 0.500. The molecule has 2 heteroatoms. The fourth-order valence-electron chi connectivity index (χ4n) is 2.45. The van der Waals surface area contributed by atoms with Gasteiger partial charge in [-0.3, -0.25) is 0 Å². The van der Waals surface area contributed by atoms with Crippen LogP contribution in [0.5, 0.6) is 0 Å². The summed E-state index contributed by atoms with van der Waals surface area (Å²) in [6, 6.07) is 6.29. The summed E-state index contributed by atoms with van der Waals surface area (Å²) in [5.74, 6) is 0.640.